The van der Waals surface area contributed by atoms with Crippen LogP contribution < -0.4 is 5.32 Å². The molecule has 0 saturated heterocycles. The average Bonchev–Trinajstić information content (AvgIpc) is 3.26. The molecule has 0 saturated carbocycles. The topological polar surface area (TPSA) is 57.8 Å². The van der Waals surface area contributed by atoms with Crippen molar-refractivity contribution in [3.05, 3.63) is 57.7 Å². The molecular weight excluding hydrogens is 326 g/mol. The van der Waals surface area contributed by atoms with Crippen molar-refractivity contribution in [2.24, 2.45) is 0 Å². The summed E-state index contributed by atoms with van der Waals surface area (Å²) in [6.45, 7) is 1.99. The molecule has 2 N–H and O–H groups in total. The molecule has 0 radical (unpaired) electrons. The van der Waals surface area contributed by atoms with E-state index in [1.807, 2.05) is 48.8 Å². The SMILES string of the molecule is Cc1ccc(C(=O)Nc2nc(-c3c[nH]c4ccccc34)cs2)s1. The molecule has 0 aliphatic carbocycles. The fraction of sp³-hybridized carbons (Fsp3) is 0.0588. The molecule has 0 fully saturated rings. The van der Waals surface area contributed by atoms with Crippen LogP contribution in [-0.2, 0) is 0 Å². The molecule has 0 unspecified atom stereocenters. The third-order valence-corrected chi connectivity index (χ3v) is 5.31. The molecule has 6 heteroatoms. The number of nitrogens with zero attached hydrogens (tertiary/aromatic N) is 1. The molecule has 114 valence electrons. The number of aryl methyl sites for hydroxylation is 1. The van der Waals surface area contributed by atoms with Gasteiger partial charge in [-0.2, -0.15) is 0 Å². The van der Waals surface area contributed by atoms with Crippen molar-refractivity contribution < 1.29 is 4.79 Å². The van der Waals surface area contributed by atoms with Crippen LogP contribution in [0.25, 0.3) is 22.2 Å². The molecule has 1 amide bonds. The Kier molecular flexibility index (Phi) is 3.48. The van der Waals surface area contributed by atoms with Gasteiger partial charge in [0.15, 0.2) is 5.13 Å². The molecule has 0 aliphatic heterocycles. The summed E-state index contributed by atoms with van der Waals surface area (Å²) in [5, 5.41) is 6.58. The Bertz CT molecular complexity index is 996. The predicted molar refractivity (Wildman–Crippen MR) is 96.4 cm³/mol. The molecule has 0 bridgehead atoms. The number of rotatable bonds is 3. The van der Waals surface area contributed by atoms with Gasteiger partial charge in [0, 0.05) is 32.9 Å². The largest absolute Gasteiger partial charge is 0.360 e. The van der Waals surface area contributed by atoms with Gasteiger partial charge in [0.05, 0.1) is 10.6 Å². The zero-order valence-electron chi connectivity index (χ0n) is 12.3. The second-order valence-corrected chi connectivity index (χ2v) is 7.30. The third kappa shape index (κ3) is 2.67. The Morgan fingerprint density at radius 1 is 1.22 bits per heavy atom. The van der Waals surface area contributed by atoms with Crippen molar-refractivity contribution in [2.45, 2.75) is 6.92 Å². The summed E-state index contributed by atoms with van der Waals surface area (Å²) in [5.41, 5.74) is 2.99. The lowest BCUT2D eigenvalue weighted by Crippen LogP contribution is -2.09. The number of benzene rings is 1. The standard InChI is InChI=1S/C17H13N3OS2/c1-10-6-7-15(23-10)16(21)20-17-19-14(9-22-17)12-8-18-13-5-3-2-4-11(12)13/h2-9,18H,1H3,(H,19,20,21). The number of aromatic nitrogens is 2. The lowest BCUT2D eigenvalue weighted by molar-refractivity contribution is 0.103. The Morgan fingerprint density at radius 2 is 2.09 bits per heavy atom. The van der Waals surface area contributed by atoms with Gasteiger partial charge >= 0.3 is 0 Å². The number of carbonyl (C=O) groups excluding carboxylic acids is 1. The first-order valence-electron chi connectivity index (χ1n) is 7.10. The van der Waals surface area contributed by atoms with Crippen molar-refractivity contribution in [2.75, 3.05) is 5.32 Å². The Hall–Kier alpha value is -2.44. The highest BCUT2D eigenvalue weighted by atomic mass is 32.1. The van der Waals surface area contributed by atoms with Crippen molar-refractivity contribution in [3.8, 4) is 11.3 Å². The second-order valence-electron chi connectivity index (χ2n) is 5.15. The number of nitrogens with one attached hydrogen (secondary N) is 2. The van der Waals surface area contributed by atoms with Gasteiger partial charge in [-0.25, -0.2) is 4.98 Å². The van der Waals surface area contributed by atoms with E-state index in [0.29, 0.717) is 10.0 Å². The molecule has 3 heterocycles. The summed E-state index contributed by atoms with van der Waals surface area (Å²) in [7, 11) is 0. The molecule has 0 atom stereocenters. The number of hydrogen-bond acceptors (Lipinski definition) is 4. The summed E-state index contributed by atoms with van der Waals surface area (Å²) >= 11 is 2.92. The van der Waals surface area contributed by atoms with Crippen LogP contribution in [0, 0.1) is 6.92 Å². The minimum atomic E-state index is -0.108. The van der Waals surface area contributed by atoms with Crippen LogP contribution in [0.2, 0.25) is 0 Å². The minimum Gasteiger partial charge on any atom is -0.360 e. The molecule has 4 nitrogen and oxygen atoms in total. The van der Waals surface area contributed by atoms with Gasteiger partial charge in [-0.3, -0.25) is 10.1 Å². The van der Waals surface area contributed by atoms with Crippen LogP contribution in [0.5, 0.6) is 0 Å². The number of H-pyrrole nitrogens is 1. The number of thiophene rings is 1. The number of fused-ring (bicyclic) bond motifs is 1. The maximum atomic E-state index is 12.2. The Labute approximate surface area is 140 Å². The molecule has 0 spiro atoms. The first kappa shape index (κ1) is 14.2. The molecule has 1 aromatic carbocycles. The van der Waals surface area contributed by atoms with E-state index in [2.05, 4.69) is 21.4 Å². The zero-order chi connectivity index (χ0) is 15.8. The molecule has 4 rings (SSSR count). The number of para-hydroxylation sites is 1. The fourth-order valence-corrected chi connectivity index (χ4v) is 3.92. The van der Waals surface area contributed by atoms with Crippen LogP contribution in [-0.4, -0.2) is 15.9 Å². The average molecular weight is 339 g/mol. The lowest BCUT2D eigenvalue weighted by atomic mass is 10.1. The van der Waals surface area contributed by atoms with Gasteiger partial charge < -0.3 is 4.98 Å². The van der Waals surface area contributed by atoms with Crippen molar-refractivity contribution in [1.82, 2.24) is 9.97 Å². The first-order chi connectivity index (χ1) is 11.2. The zero-order valence-corrected chi connectivity index (χ0v) is 13.9. The van der Waals surface area contributed by atoms with E-state index in [9.17, 15) is 4.79 Å². The van der Waals surface area contributed by atoms with Gasteiger partial charge in [-0.1, -0.05) is 18.2 Å². The number of anilines is 1. The van der Waals surface area contributed by atoms with E-state index in [-0.39, 0.29) is 5.91 Å². The number of aromatic amines is 1. The number of hydrogen-bond donors (Lipinski definition) is 2. The summed E-state index contributed by atoms with van der Waals surface area (Å²) in [5.74, 6) is -0.108. The Balaban J connectivity index is 1.60. The van der Waals surface area contributed by atoms with Crippen LogP contribution in [0.1, 0.15) is 14.5 Å². The van der Waals surface area contributed by atoms with Crippen molar-refractivity contribution in [3.63, 3.8) is 0 Å². The van der Waals surface area contributed by atoms with Gasteiger partial charge in [0.25, 0.3) is 5.91 Å². The van der Waals surface area contributed by atoms with E-state index in [1.54, 1.807) is 0 Å². The van der Waals surface area contributed by atoms with Gasteiger partial charge in [0.2, 0.25) is 0 Å². The fourth-order valence-electron chi connectivity index (χ4n) is 2.45. The quantitative estimate of drug-likeness (QED) is 0.557. The van der Waals surface area contributed by atoms with Crippen molar-refractivity contribution >= 4 is 44.6 Å². The van der Waals surface area contributed by atoms with E-state index in [0.717, 1.165) is 27.0 Å². The number of thiazole rings is 1. The summed E-state index contributed by atoms with van der Waals surface area (Å²) in [4.78, 5) is 21.8. The van der Waals surface area contributed by atoms with Crippen LogP contribution in [0.4, 0.5) is 5.13 Å². The highest BCUT2D eigenvalue weighted by Gasteiger charge is 2.13. The van der Waals surface area contributed by atoms with Crippen LogP contribution >= 0.6 is 22.7 Å². The van der Waals surface area contributed by atoms with Crippen LogP contribution in [0.15, 0.2) is 48.0 Å². The molecule has 23 heavy (non-hydrogen) atoms. The summed E-state index contributed by atoms with van der Waals surface area (Å²) in [6, 6.07) is 11.9. The first-order valence-corrected chi connectivity index (χ1v) is 8.80. The minimum absolute atomic E-state index is 0.108. The van der Waals surface area contributed by atoms with Gasteiger partial charge in [0.1, 0.15) is 0 Å². The number of carbonyl (C=O) groups is 1. The second kappa shape index (κ2) is 5.64. The van der Waals surface area contributed by atoms with E-state index < -0.39 is 0 Å². The van der Waals surface area contributed by atoms with Gasteiger partial charge in [-0.05, 0) is 25.1 Å². The van der Waals surface area contributed by atoms with Crippen LogP contribution in [0.3, 0.4) is 0 Å². The van der Waals surface area contributed by atoms with Crippen molar-refractivity contribution in [1.29, 1.82) is 0 Å². The Morgan fingerprint density at radius 3 is 2.91 bits per heavy atom. The number of amides is 1. The monoisotopic (exact) mass is 339 g/mol. The lowest BCUT2D eigenvalue weighted by Gasteiger charge is -1.98. The van der Waals surface area contributed by atoms with Gasteiger partial charge in [-0.15, -0.1) is 22.7 Å². The molecular formula is C17H13N3OS2. The predicted octanol–water partition coefficient (Wildman–Crippen LogP) is 4.91. The smallest absolute Gasteiger partial charge is 0.267 e. The maximum Gasteiger partial charge on any atom is 0.267 e. The normalized spacial score (nSPS) is 11.0. The molecule has 0 aliphatic rings. The molecule has 4 aromatic rings. The highest BCUT2D eigenvalue weighted by molar-refractivity contribution is 7.15. The molecule has 3 aromatic heterocycles. The van der Waals surface area contributed by atoms with E-state index in [4.69, 9.17) is 0 Å². The maximum absolute atomic E-state index is 12.2. The highest BCUT2D eigenvalue weighted by Crippen LogP contribution is 2.31. The summed E-state index contributed by atoms with van der Waals surface area (Å²) < 4.78 is 0. The van der Waals surface area contributed by atoms with E-state index >= 15 is 0 Å². The third-order valence-electron chi connectivity index (χ3n) is 3.55. The summed E-state index contributed by atoms with van der Waals surface area (Å²) in [6.07, 6.45) is 1.95. The van der Waals surface area contributed by atoms with E-state index in [1.165, 1.54) is 22.7 Å².